The van der Waals surface area contributed by atoms with Crippen LogP contribution >= 0.6 is 39.3 Å². The lowest BCUT2D eigenvalue weighted by Gasteiger charge is -2.31. The van der Waals surface area contributed by atoms with Gasteiger partial charge >= 0.3 is 0 Å². The smallest absolute Gasteiger partial charge is 0.243 e. The maximum atomic E-state index is 13.6. The Labute approximate surface area is 225 Å². The highest BCUT2D eigenvalue weighted by Gasteiger charge is 2.30. The van der Waals surface area contributed by atoms with Gasteiger partial charge in [0.1, 0.15) is 6.04 Å². The summed E-state index contributed by atoms with van der Waals surface area (Å²) in [6.45, 7) is 2.96. The summed E-state index contributed by atoms with van der Waals surface area (Å²) in [5.41, 5.74) is 3.10. The fourth-order valence-electron chi connectivity index (χ4n) is 3.63. The van der Waals surface area contributed by atoms with Gasteiger partial charge < -0.3 is 10.2 Å². The Balaban J connectivity index is 1.81. The van der Waals surface area contributed by atoms with Crippen molar-refractivity contribution in [1.29, 1.82) is 0 Å². The van der Waals surface area contributed by atoms with Crippen LogP contribution in [0.4, 0.5) is 0 Å². The van der Waals surface area contributed by atoms with E-state index >= 15 is 0 Å². The molecule has 0 aliphatic carbocycles. The van der Waals surface area contributed by atoms with Gasteiger partial charge in [-0.3, -0.25) is 9.59 Å². The van der Waals surface area contributed by atoms with Crippen LogP contribution in [-0.2, 0) is 28.3 Å². The molecule has 1 N–H and O–H groups in total. The van der Waals surface area contributed by atoms with Gasteiger partial charge in [0.25, 0.3) is 0 Å². The molecule has 0 aromatic heterocycles. The molecule has 0 radical (unpaired) electrons. The van der Waals surface area contributed by atoms with Crippen molar-refractivity contribution in [2.24, 2.45) is 0 Å². The van der Waals surface area contributed by atoms with E-state index in [9.17, 15) is 9.59 Å². The van der Waals surface area contributed by atoms with Crippen molar-refractivity contribution in [3.05, 3.63) is 105 Å². The molecule has 0 saturated carbocycles. The van der Waals surface area contributed by atoms with Crippen LogP contribution in [0, 0.1) is 0 Å². The summed E-state index contributed by atoms with van der Waals surface area (Å²) in [6.07, 6.45) is 1.29. The molecular formula is C28H30BrClN2O2S. The zero-order valence-corrected chi connectivity index (χ0v) is 22.9. The minimum atomic E-state index is -0.601. The van der Waals surface area contributed by atoms with Crippen LogP contribution in [0.25, 0.3) is 0 Å². The van der Waals surface area contributed by atoms with Crippen molar-refractivity contribution in [3.8, 4) is 0 Å². The van der Waals surface area contributed by atoms with Crippen LogP contribution in [-0.4, -0.2) is 35.1 Å². The quantitative estimate of drug-likeness (QED) is 0.269. The zero-order valence-electron chi connectivity index (χ0n) is 19.8. The van der Waals surface area contributed by atoms with E-state index in [4.69, 9.17) is 11.6 Å². The van der Waals surface area contributed by atoms with Crippen molar-refractivity contribution >= 4 is 51.1 Å². The summed E-state index contributed by atoms with van der Waals surface area (Å²) in [5, 5.41) is 3.70. The highest BCUT2D eigenvalue weighted by Crippen LogP contribution is 2.20. The van der Waals surface area contributed by atoms with E-state index in [0.29, 0.717) is 30.3 Å². The summed E-state index contributed by atoms with van der Waals surface area (Å²) in [6, 6.07) is 24.8. The van der Waals surface area contributed by atoms with Crippen molar-refractivity contribution in [2.75, 3.05) is 12.3 Å². The molecule has 2 amide bonds. The molecule has 0 fully saturated rings. The number of carbonyl (C=O) groups excluding carboxylic acids is 2. The van der Waals surface area contributed by atoms with Crippen LogP contribution in [0.15, 0.2) is 83.3 Å². The number of nitrogens with one attached hydrogen (secondary N) is 1. The van der Waals surface area contributed by atoms with E-state index in [1.807, 2.05) is 85.8 Å². The number of rotatable bonds is 12. The van der Waals surface area contributed by atoms with Gasteiger partial charge in [-0.2, -0.15) is 0 Å². The van der Waals surface area contributed by atoms with Crippen molar-refractivity contribution in [1.82, 2.24) is 10.2 Å². The van der Waals surface area contributed by atoms with Crippen LogP contribution in [0.5, 0.6) is 0 Å². The first-order valence-corrected chi connectivity index (χ1v) is 14.0. The van der Waals surface area contributed by atoms with Gasteiger partial charge in [0, 0.05) is 34.8 Å². The summed E-state index contributed by atoms with van der Waals surface area (Å²) < 4.78 is 0.971. The van der Waals surface area contributed by atoms with E-state index in [-0.39, 0.29) is 17.6 Å². The zero-order chi connectivity index (χ0) is 25.0. The summed E-state index contributed by atoms with van der Waals surface area (Å²) in [4.78, 5) is 28.6. The fraction of sp³-hybridized carbons (Fsp3) is 0.286. The molecule has 3 aromatic carbocycles. The van der Waals surface area contributed by atoms with Gasteiger partial charge in [-0.25, -0.2) is 0 Å². The molecule has 4 nitrogen and oxygen atoms in total. The predicted octanol–water partition coefficient (Wildman–Crippen LogP) is 6.50. The Morgan fingerprint density at radius 2 is 1.60 bits per heavy atom. The van der Waals surface area contributed by atoms with Crippen molar-refractivity contribution in [2.45, 2.75) is 38.1 Å². The Morgan fingerprint density at radius 3 is 2.26 bits per heavy atom. The maximum Gasteiger partial charge on any atom is 0.243 e. The minimum absolute atomic E-state index is 0.0561. The average Bonchev–Trinajstić information content (AvgIpc) is 2.87. The molecule has 3 aromatic rings. The van der Waals surface area contributed by atoms with Crippen molar-refractivity contribution in [3.63, 3.8) is 0 Å². The standard InChI is InChI=1S/C28H30BrClN2O2S/c1-2-16-31-28(34)26(17-21-6-4-3-5-7-21)32(18-22-8-12-24(29)13-9-22)27(33)20-35-19-23-10-14-25(30)15-11-23/h3-15,26H,2,16-20H2,1H3,(H,31,34)/t26-/m1/s1. The Bertz CT molecular complexity index is 1080. The van der Waals surface area contributed by atoms with Gasteiger partial charge in [-0.1, -0.05) is 89.1 Å². The monoisotopic (exact) mass is 572 g/mol. The average molecular weight is 574 g/mol. The summed E-state index contributed by atoms with van der Waals surface area (Å²) >= 11 is 11.0. The fourth-order valence-corrected chi connectivity index (χ4v) is 4.89. The molecular weight excluding hydrogens is 544 g/mol. The second-order valence-electron chi connectivity index (χ2n) is 8.26. The van der Waals surface area contributed by atoms with Gasteiger partial charge in [0.05, 0.1) is 5.75 Å². The molecule has 7 heteroatoms. The second-order valence-corrected chi connectivity index (χ2v) is 10.6. The number of nitrogens with zero attached hydrogens (tertiary/aromatic N) is 1. The molecule has 0 aliphatic rings. The topological polar surface area (TPSA) is 49.4 Å². The van der Waals surface area contributed by atoms with Crippen LogP contribution in [0.3, 0.4) is 0 Å². The summed E-state index contributed by atoms with van der Waals surface area (Å²) in [7, 11) is 0. The van der Waals surface area contributed by atoms with E-state index in [2.05, 4.69) is 21.2 Å². The normalized spacial score (nSPS) is 11.6. The molecule has 1 atom stereocenters. The van der Waals surface area contributed by atoms with Gasteiger partial charge in [-0.15, -0.1) is 11.8 Å². The number of hydrogen-bond donors (Lipinski definition) is 1. The third-order valence-corrected chi connectivity index (χ3v) is 7.26. The van der Waals surface area contributed by atoms with E-state index in [0.717, 1.165) is 27.6 Å². The third kappa shape index (κ3) is 9.02. The van der Waals surface area contributed by atoms with Gasteiger partial charge in [0.15, 0.2) is 0 Å². The number of benzene rings is 3. The summed E-state index contributed by atoms with van der Waals surface area (Å²) in [5.74, 6) is 0.801. The largest absolute Gasteiger partial charge is 0.354 e. The van der Waals surface area contributed by atoms with Crippen molar-refractivity contribution < 1.29 is 9.59 Å². The van der Waals surface area contributed by atoms with E-state index < -0.39 is 6.04 Å². The SMILES string of the molecule is CCCNC(=O)[C@@H](Cc1ccccc1)N(Cc1ccc(Br)cc1)C(=O)CSCc1ccc(Cl)cc1. The lowest BCUT2D eigenvalue weighted by molar-refractivity contribution is -0.139. The molecule has 0 bridgehead atoms. The minimum Gasteiger partial charge on any atom is -0.354 e. The van der Waals surface area contributed by atoms with Crippen LogP contribution in [0.2, 0.25) is 5.02 Å². The number of carbonyl (C=O) groups is 2. The first-order chi connectivity index (χ1) is 17.0. The molecule has 0 spiro atoms. The van der Waals surface area contributed by atoms with Crippen LogP contribution < -0.4 is 5.32 Å². The Kier molecular flexibility index (Phi) is 11.2. The Hall–Kier alpha value is -2.28. The highest BCUT2D eigenvalue weighted by molar-refractivity contribution is 9.10. The third-order valence-electron chi connectivity index (χ3n) is 5.49. The molecule has 35 heavy (non-hydrogen) atoms. The lowest BCUT2D eigenvalue weighted by atomic mass is 10.0. The number of amides is 2. The van der Waals surface area contributed by atoms with Gasteiger partial charge in [-0.05, 0) is 47.4 Å². The van der Waals surface area contributed by atoms with Crippen LogP contribution in [0.1, 0.15) is 30.0 Å². The molecule has 0 unspecified atom stereocenters. The first kappa shape index (κ1) is 27.3. The number of halogens is 2. The lowest BCUT2D eigenvalue weighted by Crippen LogP contribution is -2.51. The maximum absolute atomic E-state index is 13.6. The first-order valence-electron chi connectivity index (χ1n) is 11.6. The van der Waals surface area contributed by atoms with E-state index in [1.54, 1.807) is 16.7 Å². The second kappa shape index (κ2) is 14.3. The Morgan fingerprint density at radius 1 is 0.943 bits per heavy atom. The molecule has 0 heterocycles. The van der Waals surface area contributed by atoms with Gasteiger partial charge in [0.2, 0.25) is 11.8 Å². The number of hydrogen-bond acceptors (Lipinski definition) is 3. The molecule has 3 rings (SSSR count). The number of thioether (sulfide) groups is 1. The highest BCUT2D eigenvalue weighted by atomic mass is 79.9. The molecule has 184 valence electrons. The predicted molar refractivity (Wildman–Crippen MR) is 150 cm³/mol. The molecule has 0 saturated heterocycles. The van der Waals surface area contributed by atoms with E-state index in [1.165, 1.54) is 0 Å². The molecule has 0 aliphatic heterocycles.